The Bertz CT molecular complexity index is 1270. The van der Waals surface area contributed by atoms with Crippen molar-refractivity contribution < 1.29 is 101 Å². The molecule has 43 heavy (non-hydrogen) atoms. The fourth-order valence-electron chi connectivity index (χ4n) is 4.56. The number of aliphatic hydroxyl groups excluding tert-OH is 5. The molecule has 0 aromatic heterocycles. The lowest BCUT2D eigenvalue weighted by Crippen LogP contribution is -2.66. The van der Waals surface area contributed by atoms with Crippen LogP contribution in [0, 0.1) is 0 Å². The second kappa shape index (κ2) is 13.5. The molecule has 3 aliphatic heterocycles. The van der Waals surface area contributed by atoms with Gasteiger partial charge in [-0.05, 0) is 20.8 Å². The molecule has 254 valence electrons. The van der Waals surface area contributed by atoms with E-state index in [9.17, 15) is 55.3 Å². The van der Waals surface area contributed by atoms with Crippen molar-refractivity contribution in [3.8, 4) is 0 Å². The van der Waals surface area contributed by atoms with E-state index in [4.69, 9.17) is 32.8 Å². The Morgan fingerprint density at radius 3 is 1.28 bits per heavy atom. The second-order valence-corrected chi connectivity index (χ2v) is 12.9. The van der Waals surface area contributed by atoms with Gasteiger partial charge in [0, 0.05) is 0 Å². The Kier molecular flexibility index (Phi) is 11.5. The average molecular weight is 697 g/mol. The maximum Gasteiger partial charge on any atom is 0.397 e. The minimum absolute atomic E-state index is 1.15. The molecule has 0 aromatic rings. The molecule has 25 heteroatoms. The summed E-state index contributed by atoms with van der Waals surface area (Å²) in [5, 5.41) is 52.1. The molecule has 0 aliphatic carbocycles. The Labute approximate surface area is 244 Å². The Morgan fingerprint density at radius 2 is 0.814 bits per heavy atom. The quantitative estimate of drug-likeness (QED) is 0.0991. The number of ether oxygens (including phenoxy) is 5. The zero-order valence-electron chi connectivity index (χ0n) is 22.2. The first-order chi connectivity index (χ1) is 19.5. The van der Waals surface area contributed by atoms with Crippen molar-refractivity contribution >= 4 is 31.2 Å². The van der Waals surface area contributed by atoms with Gasteiger partial charge < -0.3 is 49.2 Å². The van der Waals surface area contributed by atoms with Crippen LogP contribution in [0.1, 0.15) is 20.8 Å². The van der Waals surface area contributed by atoms with Gasteiger partial charge in [-0.25, -0.2) is 12.5 Å². The highest BCUT2D eigenvalue weighted by Gasteiger charge is 2.56. The van der Waals surface area contributed by atoms with E-state index in [1.165, 1.54) is 13.8 Å². The zero-order chi connectivity index (χ0) is 32.8. The SMILES string of the molecule is C[C@@H]1O[C@@H](O[C@@H]2[C@H](O)[C@H](C)O[C@@H](O[C@@H]3[C@H](O)[C@H](C)O[C@@H](O)[C@H]3OS(=O)(=O)O)[C@H]2OS(=O)(=O)O)[C@@H](OS(=O)(=O)O)[C@H](O)[C@@H]1O. The third-order valence-corrected chi connectivity index (χ3v) is 8.00. The molecule has 3 fully saturated rings. The van der Waals surface area contributed by atoms with Gasteiger partial charge in [-0.1, -0.05) is 0 Å². The summed E-state index contributed by atoms with van der Waals surface area (Å²) in [7, 11) is -16.2. The zero-order valence-corrected chi connectivity index (χ0v) is 24.6. The van der Waals surface area contributed by atoms with E-state index < -0.39 is 123 Å². The molecule has 0 bridgehead atoms. The standard InChI is InChI=1S/C18H32O22S3/c1-4-7(19)10(22)13(38-41(24,25)26)17(34-4)37-12-9(21)6(3)35-18(15(12)40-43(30,31)32)36-11-8(20)5(2)33-16(23)14(11)39-42(27,28)29/h4-23H,1-3H3,(H,24,25,26)(H,27,28,29)(H,30,31,32)/t4-,5-,6-,7+,8+,9+,10+,11+,12+,13-,14-,15-,16+,17-,18-/m0/s1. The summed E-state index contributed by atoms with van der Waals surface area (Å²) >= 11 is 0. The van der Waals surface area contributed by atoms with Crippen LogP contribution >= 0.6 is 0 Å². The highest BCUT2D eigenvalue weighted by atomic mass is 32.3. The van der Waals surface area contributed by atoms with Crippen LogP contribution in [-0.2, 0) is 67.4 Å². The van der Waals surface area contributed by atoms with E-state index in [0.717, 1.165) is 6.92 Å². The van der Waals surface area contributed by atoms with E-state index in [0.29, 0.717) is 0 Å². The van der Waals surface area contributed by atoms with E-state index in [2.05, 4.69) is 12.5 Å². The first-order valence-corrected chi connectivity index (χ1v) is 16.2. The lowest BCUT2D eigenvalue weighted by atomic mass is 9.96. The maximum absolute atomic E-state index is 11.8. The number of hydrogen-bond acceptors (Lipinski definition) is 19. The van der Waals surface area contributed by atoms with Gasteiger partial charge in [-0.15, -0.1) is 0 Å². The third-order valence-electron chi connectivity index (χ3n) is 6.60. The summed E-state index contributed by atoms with van der Waals surface area (Å²) in [6.45, 7) is 3.53. The van der Waals surface area contributed by atoms with Gasteiger partial charge >= 0.3 is 31.2 Å². The average Bonchev–Trinajstić information content (AvgIpc) is 2.83. The third kappa shape index (κ3) is 9.37. The highest BCUT2D eigenvalue weighted by molar-refractivity contribution is 7.81. The Morgan fingerprint density at radius 1 is 0.465 bits per heavy atom. The van der Waals surface area contributed by atoms with Crippen LogP contribution in [0.15, 0.2) is 0 Å². The fraction of sp³-hybridized carbons (Fsp3) is 1.00. The summed E-state index contributed by atoms with van der Waals surface area (Å²) in [6, 6.07) is 0. The summed E-state index contributed by atoms with van der Waals surface area (Å²) in [6.07, 6.45) is -29.4. The molecule has 15 atom stereocenters. The predicted molar refractivity (Wildman–Crippen MR) is 128 cm³/mol. The molecular formula is C18H32O22S3. The van der Waals surface area contributed by atoms with Crippen molar-refractivity contribution in [1.29, 1.82) is 0 Å². The van der Waals surface area contributed by atoms with Crippen molar-refractivity contribution in [2.45, 2.75) is 113 Å². The second-order valence-electron chi connectivity index (χ2n) is 9.78. The summed E-state index contributed by atoms with van der Waals surface area (Å²) in [5.41, 5.74) is 0. The van der Waals surface area contributed by atoms with E-state index in [1.54, 1.807) is 0 Å². The molecule has 0 radical (unpaired) electrons. The van der Waals surface area contributed by atoms with Crippen LogP contribution < -0.4 is 0 Å². The van der Waals surface area contributed by atoms with Crippen molar-refractivity contribution in [2.24, 2.45) is 0 Å². The van der Waals surface area contributed by atoms with Crippen LogP contribution in [0.2, 0.25) is 0 Å². The maximum atomic E-state index is 11.8. The van der Waals surface area contributed by atoms with Crippen molar-refractivity contribution in [3.63, 3.8) is 0 Å². The van der Waals surface area contributed by atoms with Crippen molar-refractivity contribution in [1.82, 2.24) is 0 Å². The van der Waals surface area contributed by atoms with E-state index >= 15 is 0 Å². The largest absolute Gasteiger partial charge is 0.397 e. The van der Waals surface area contributed by atoms with Crippen LogP contribution in [0.3, 0.4) is 0 Å². The van der Waals surface area contributed by atoms with Crippen LogP contribution in [0.4, 0.5) is 0 Å². The van der Waals surface area contributed by atoms with E-state index in [-0.39, 0.29) is 0 Å². The minimum atomic E-state index is -5.51. The normalized spacial score (nSPS) is 45.1. The number of aliphatic hydroxyl groups is 5. The van der Waals surface area contributed by atoms with Gasteiger partial charge in [0.15, 0.2) is 37.2 Å². The monoisotopic (exact) mass is 696 g/mol. The van der Waals surface area contributed by atoms with Crippen LogP contribution in [-0.4, -0.2) is 157 Å². The van der Waals surface area contributed by atoms with Gasteiger partial charge in [0.2, 0.25) is 0 Å². The summed E-state index contributed by atoms with van der Waals surface area (Å²) < 4.78 is 137. The highest BCUT2D eigenvalue weighted by Crippen LogP contribution is 2.35. The fourth-order valence-corrected chi connectivity index (χ4v) is 6.01. The molecule has 0 aromatic carbocycles. The molecule has 22 nitrogen and oxygen atoms in total. The predicted octanol–water partition coefficient (Wildman–Crippen LogP) is -5.01. The minimum Gasteiger partial charge on any atom is -0.388 e. The molecule has 8 N–H and O–H groups in total. The molecule has 0 saturated carbocycles. The molecule has 3 saturated heterocycles. The van der Waals surface area contributed by atoms with Crippen LogP contribution in [0.5, 0.6) is 0 Å². The molecular weight excluding hydrogens is 664 g/mol. The van der Waals surface area contributed by atoms with E-state index in [1.807, 2.05) is 0 Å². The van der Waals surface area contributed by atoms with Gasteiger partial charge in [-0.3, -0.25) is 13.7 Å². The summed E-state index contributed by atoms with van der Waals surface area (Å²) in [5.74, 6) is 0. The lowest BCUT2D eigenvalue weighted by molar-refractivity contribution is -0.367. The van der Waals surface area contributed by atoms with Gasteiger partial charge in [0.05, 0.1) is 18.3 Å². The smallest absolute Gasteiger partial charge is 0.388 e. The van der Waals surface area contributed by atoms with Crippen molar-refractivity contribution in [3.05, 3.63) is 0 Å². The first-order valence-electron chi connectivity index (χ1n) is 12.1. The molecule has 3 aliphatic rings. The number of rotatable bonds is 10. The first kappa shape index (κ1) is 36.7. The molecule has 0 spiro atoms. The lowest BCUT2D eigenvalue weighted by Gasteiger charge is -2.48. The topological polar surface area (TPSA) is 338 Å². The Balaban J connectivity index is 2.02. The molecule has 0 unspecified atom stereocenters. The summed E-state index contributed by atoms with van der Waals surface area (Å²) in [4.78, 5) is 0. The molecule has 0 amide bonds. The van der Waals surface area contributed by atoms with Gasteiger partial charge in [-0.2, -0.15) is 25.3 Å². The molecule has 3 heterocycles. The van der Waals surface area contributed by atoms with Crippen molar-refractivity contribution in [2.75, 3.05) is 0 Å². The number of hydrogen-bond donors (Lipinski definition) is 8. The Hall–Kier alpha value is -0.790. The van der Waals surface area contributed by atoms with Gasteiger partial charge in [0.1, 0.15) is 36.6 Å². The van der Waals surface area contributed by atoms with Gasteiger partial charge in [0.25, 0.3) is 0 Å². The molecule has 3 rings (SSSR count). The van der Waals surface area contributed by atoms with Crippen LogP contribution in [0.25, 0.3) is 0 Å².